The van der Waals surface area contributed by atoms with Crippen molar-refractivity contribution in [1.82, 2.24) is 15.3 Å². The van der Waals surface area contributed by atoms with E-state index < -0.39 is 0 Å². The molecule has 4 bridgehead atoms. The Morgan fingerprint density at radius 1 is 0.539 bits per heavy atom. The molecule has 2 atom stereocenters. The van der Waals surface area contributed by atoms with Crippen LogP contribution in [-0.2, 0) is 16.0 Å². The largest absolute Gasteiger partial charge is 0.398 e. The second kappa shape index (κ2) is 21.6. The van der Waals surface area contributed by atoms with Gasteiger partial charge in [-0.3, -0.25) is 9.59 Å². The van der Waals surface area contributed by atoms with Gasteiger partial charge in [0.2, 0.25) is 39.3 Å². The Labute approximate surface area is 449 Å². The van der Waals surface area contributed by atoms with Crippen molar-refractivity contribution >= 4 is 72.9 Å². The molecule has 2 unspecified atom stereocenters. The van der Waals surface area contributed by atoms with Crippen molar-refractivity contribution in [2.75, 3.05) is 29.9 Å². The predicted octanol–water partition coefficient (Wildman–Crippen LogP) is 13.3. The molecule has 76 heavy (non-hydrogen) atoms. The summed E-state index contributed by atoms with van der Waals surface area (Å²) in [6.45, 7) is 10.0. The molecule has 392 valence electrons. The lowest BCUT2D eigenvalue weighted by Crippen LogP contribution is -2.59. The van der Waals surface area contributed by atoms with Gasteiger partial charge in [-0.05, 0) is 162 Å². The highest BCUT2D eigenvalue weighted by molar-refractivity contribution is 5.90. The summed E-state index contributed by atoms with van der Waals surface area (Å²) in [5.41, 5.74) is 30.9. The van der Waals surface area contributed by atoms with E-state index >= 15 is 0 Å². The van der Waals surface area contributed by atoms with E-state index in [1.54, 1.807) is 0 Å². The summed E-state index contributed by atoms with van der Waals surface area (Å²) in [4.78, 5) is 38.6. The van der Waals surface area contributed by atoms with E-state index in [1.165, 1.54) is 23.1 Å². The summed E-state index contributed by atoms with van der Waals surface area (Å²) in [5, 5.41) is 7.15. The van der Waals surface area contributed by atoms with E-state index in [-0.39, 0.29) is 16.7 Å². The van der Waals surface area contributed by atoms with Crippen LogP contribution in [0.2, 0.25) is 0 Å². The summed E-state index contributed by atoms with van der Waals surface area (Å²) >= 11 is 0. The highest BCUT2D eigenvalue weighted by atomic mass is 16.2. The van der Waals surface area contributed by atoms with Crippen molar-refractivity contribution in [3.05, 3.63) is 137 Å². The fourth-order valence-corrected chi connectivity index (χ4v) is 14.2. The van der Waals surface area contributed by atoms with Gasteiger partial charge < -0.3 is 22.1 Å². The van der Waals surface area contributed by atoms with Crippen LogP contribution in [0, 0.1) is 50.4 Å². The maximum absolute atomic E-state index is 14.2. The molecule has 4 aliphatic carbocycles. The summed E-state index contributed by atoms with van der Waals surface area (Å²) in [6, 6.07) is 38.2. The number of nitrogen functional groups attached to an aromatic ring is 2. The third-order valence-electron chi connectivity index (χ3n) is 17.9. The van der Waals surface area contributed by atoms with E-state index in [9.17, 15) is 9.59 Å². The zero-order valence-corrected chi connectivity index (χ0v) is 45.4. The standard InChI is InChI=1S/C66H76N8O2/c1-43-29-55-59(73(50-22-14-11-15-23-50)60-35-52(67)44(2)30-56(60)71-55)34-49(43)21-13-7-5-10-20-28-70-64(76)66-40-47-33-48(41-66)39-65(38-47,42-66)63(75)26-18-8-6-9-19-27-69-54-37-62-58(32-46(54)4)72-57-31-45(3)53(68)36-61(57)74(62)51-24-16-12-17-25-51/h11-12,14-17,22-25,29-32,34-37,47-48,67H,5-10,13,18-21,26-28,33,38-42H2,1-4H3,(H3,68,69,70,76)/p+2. The zero-order chi connectivity index (χ0) is 52.6. The van der Waals surface area contributed by atoms with Crippen LogP contribution in [0.5, 0.6) is 0 Å². The van der Waals surface area contributed by atoms with Crippen molar-refractivity contribution in [3.8, 4) is 11.4 Å². The van der Waals surface area contributed by atoms with E-state index in [0.29, 0.717) is 24.0 Å². The lowest BCUT2D eigenvalue weighted by atomic mass is 9.43. The van der Waals surface area contributed by atoms with Crippen LogP contribution in [0.15, 0.2) is 109 Å². The highest BCUT2D eigenvalue weighted by Gasteiger charge is 2.62. The maximum atomic E-state index is 14.2. The Hall–Kier alpha value is -6.94. The number of nitrogens with zero attached hydrogens (tertiary/aromatic N) is 4. The van der Waals surface area contributed by atoms with Gasteiger partial charge in [0.25, 0.3) is 0 Å². The molecule has 1 amide bonds. The van der Waals surface area contributed by atoms with Gasteiger partial charge in [0.1, 0.15) is 27.9 Å². The van der Waals surface area contributed by atoms with Gasteiger partial charge >= 0.3 is 0 Å². The molecule has 0 radical (unpaired) electrons. The Balaban J connectivity index is 0.621. The number of rotatable bonds is 21. The molecule has 10 nitrogen and oxygen atoms in total. The average Bonchev–Trinajstić information content (AvgIpc) is 3.52. The number of aromatic nitrogens is 4. The van der Waals surface area contributed by atoms with Crippen molar-refractivity contribution in [1.29, 1.82) is 0 Å². The Kier molecular flexibility index (Phi) is 14.5. The molecule has 4 saturated carbocycles. The summed E-state index contributed by atoms with van der Waals surface area (Å²) in [7, 11) is 0. The first-order valence-corrected chi connectivity index (χ1v) is 28.6. The molecule has 4 aliphatic rings. The molecular formula is C66H78N8O2+2. The molecular weight excluding hydrogens is 937 g/mol. The molecule has 6 aromatic carbocycles. The Bertz CT molecular complexity index is 3240. The topological polar surface area (TPSA) is 144 Å². The van der Waals surface area contributed by atoms with Gasteiger partial charge in [0, 0.05) is 90.5 Å². The fraction of sp³-hybridized carbons (Fsp3) is 0.424. The molecule has 12 rings (SSSR count). The van der Waals surface area contributed by atoms with Crippen molar-refractivity contribution in [3.63, 3.8) is 0 Å². The van der Waals surface area contributed by atoms with Crippen molar-refractivity contribution < 1.29 is 18.7 Å². The van der Waals surface area contributed by atoms with Crippen LogP contribution in [-0.4, -0.2) is 34.7 Å². The molecule has 0 saturated heterocycles. The third kappa shape index (κ3) is 10.2. The van der Waals surface area contributed by atoms with E-state index in [0.717, 1.165) is 200 Å². The lowest BCUT2D eigenvalue weighted by Gasteiger charge is -2.60. The first-order valence-electron chi connectivity index (χ1n) is 28.6. The number of ketones is 1. The molecule has 2 aromatic heterocycles. The number of anilines is 3. The maximum Gasteiger partial charge on any atom is 0.239 e. The van der Waals surface area contributed by atoms with Crippen LogP contribution >= 0.6 is 0 Å². The smallest absolute Gasteiger partial charge is 0.239 e. The van der Waals surface area contributed by atoms with Crippen molar-refractivity contribution in [2.45, 2.75) is 143 Å². The zero-order valence-electron chi connectivity index (χ0n) is 45.4. The van der Waals surface area contributed by atoms with Crippen LogP contribution in [0.3, 0.4) is 0 Å². The number of benzene rings is 6. The van der Waals surface area contributed by atoms with Gasteiger partial charge in [-0.25, -0.2) is 9.97 Å². The number of aryl methyl sites for hydroxylation is 5. The minimum absolute atomic E-state index is 0.228. The fourth-order valence-electron chi connectivity index (χ4n) is 14.2. The summed E-state index contributed by atoms with van der Waals surface area (Å²) in [5.74, 6) is 1.68. The van der Waals surface area contributed by atoms with Crippen LogP contribution in [0.25, 0.3) is 55.5 Å². The second-order valence-corrected chi connectivity index (χ2v) is 23.5. The van der Waals surface area contributed by atoms with Gasteiger partial charge in [0.15, 0.2) is 0 Å². The predicted molar refractivity (Wildman–Crippen MR) is 310 cm³/mol. The Morgan fingerprint density at radius 3 is 1.61 bits per heavy atom. The number of Topliss-reactive ketones (excluding diaryl/α,β-unsaturated/α-hetero) is 1. The number of amides is 1. The molecule has 0 spiro atoms. The normalized spacial score (nSPS) is 19.8. The van der Waals surface area contributed by atoms with Gasteiger partial charge in [0.05, 0.1) is 5.41 Å². The first kappa shape index (κ1) is 51.2. The summed E-state index contributed by atoms with van der Waals surface area (Å²) < 4.78 is 4.58. The SMILES string of the molecule is Cc1cc2nc3cc(C)c(CCCCCCCNC(=O)C45CC6CC(CC(C(=O)CCCCCCCNc7cc8c(cc7C)nc7cc(C)c(N)cc7[n+]8-c7ccccc7)(C6)C4)C5)cc3[n+](-c3ccccc3)c2cc1N. The molecule has 10 heteroatoms. The Morgan fingerprint density at radius 2 is 1.01 bits per heavy atom. The molecule has 4 fully saturated rings. The average molecular weight is 1020 g/mol. The quantitative estimate of drug-likeness (QED) is 0.0243. The van der Waals surface area contributed by atoms with Crippen molar-refractivity contribution in [2.24, 2.45) is 22.7 Å². The van der Waals surface area contributed by atoms with Crippen LogP contribution in [0.1, 0.15) is 137 Å². The first-order chi connectivity index (χ1) is 36.9. The molecule has 0 aliphatic heterocycles. The minimum atomic E-state index is -0.362. The number of nitrogens with two attached hydrogens (primary N) is 2. The minimum Gasteiger partial charge on any atom is -0.398 e. The number of carbonyl (C=O) groups is 2. The number of unbranched alkanes of at least 4 members (excludes halogenated alkanes) is 8. The van der Waals surface area contributed by atoms with E-state index in [2.05, 4.69) is 131 Å². The van der Waals surface area contributed by atoms with E-state index in [1.807, 2.05) is 26.0 Å². The van der Waals surface area contributed by atoms with Gasteiger partial charge in [-0.1, -0.05) is 74.9 Å². The number of fused-ring (bicyclic) bond motifs is 4. The highest BCUT2D eigenvalue weighted by Crippen LogP contribution is 2.66. The van der Waals surface area contributed by atoms with Gasteiger partial charge in [-0.2, -0.15) is 0 Å². The molecule has 8 aromatic rings. The number of nitrogens with one attached hydrogen (secondary N) is 2. The number of hydrogen-bond donors (Lipinski definition) is 4. The van der Waals surface area contributed by atoms with Crippen LogP contribution in [0.4, 0.5) is 17.1 Å². The summed E-state index contributed by atoms with van der Waals surface area (Å²) in [6.07, 6.45) is 18.4. The lowest BCUT2D eigenvalue weighted by molar-refractivity contribution is -0.538. The monoisotopic (exact) mass is 1010 g/mol. The molecule has 2 heterocycles. The van der Waals surface area contributed by atoms with E-state index in [4.69, 9.17) is 21.4 Å². The van der Waals surface area contributed by atoms with Crippen LogP contribution < -0.4 is 31.2 Å². The number of hydrogen-bond acceptors (Lipinski definition) is 7. The number of para-hydroxylation sites is 2. The number of carbonyl (C=O) groups excluding carboxylic acids is 2. The third-order valence-corrected chi connectivity index (χ3v) is 17.9. The second-order valence-electron chi connectivity index (χ2n) is 23.5. The van der Waals surface area contributed by atoms with Gasteiger partial charge in [-0.15, -0.1) is 9.13 Å². The molecule has 6 N–H and O–H groups in total.